The summed E-state index contributed by atoms with van der Waals surface area (Å²) < 4.78 is 12.8. The Morgan fingerprint density at radius 3 is 2.78 bits per heavy atom. The van der Waals surface area contributed by atoms with Gasteiger partial charge in [-0.05, 0) is 38.1 Å². The highest BCUT2D eigenvalue weighted by atomic mass is 19.1. The van der Waals surface area contributed by atoms with Gasteiger partial charge in [-0.3, -0.25) is 5.10 Å². The van der Waals surface area contributed by atoms with Crippen molar-refractivity contribution in [1.82, 2.24) is 25.5 Å². The van der Waals surface area contributed by atoms with Gasteiger partial charge in [-0.25, -0.2) is 14.4 Å². The van der Waals surface area contributed by atoms with Crippen molar-refractivity contribution in [2.45, 2.75) is 18.8 Å². The van der Waals surface area contributed by atoms with Crippen LogP contribution in [0, 0.1) is 5.82 Å². The van der Waals surface area contributed by atoms with Crippen LogP contribution in [-0.4, -0.2) is 33.3 Å². The topological polar surface area (TPSA) is 66.5 Å². The van der Waals surface area contributed by atoms with Crippen LogP contribution in [0.1, 0.15) is 24.6 Å². The highest BCUT2D eigenvalue weighted by Gasteiger charge is 2.19. The quantitative estimate of drug-likeness (QED) is 0.843. The van der Waals surface area contributed by atoms with Crippen LogP contribution in [-0.2, 0) is 0 Å². The molecular formula is C12H14FN5. The summed E-state index contributed by atoms with van der Waals surface area (Å²) in [5, 5.41) is 10.4. The zero-order chi connectivity index (χ0) is 12.4. The standard InChI is InChI=1S/C12H14FN5/c13-9-1-2-10(15-7-9)12-16-11(17-18-12)8-3-5-14-6-4-8/h1-2,7-8,14H,3-6H2,(H,16,17,18). The number of aromatic nitrogens is 4. The van der Waals surface area contributed by atoms with Crippen molar-refractivity contribution in [3.8, 4) is 11.5 Å². The first-order valence-electron chi connectivity index (χ1n) is 6.08. The molecule has 0 bridgehead atoms. The Balaban J connectivity index is 1.82. The lowest BCUT2D eigenvalue weighted by Crippen LogP contribution is -2.27. The molecule has 0 radical (unpaired) electrons. The summed E-state index contributed by atoms with van der Waals surface area (Å²) in [7, 11) is 0. The molecule has 1 aliphatic rings. The smallest absolute Gasteiger partial charge is 0.199 e. The van der Waals surface area contributed by atoms with Gasteiger partial charge in [0.25, 0.3) is 0 Å². The summed E-state index contributed by atoms with van der Waals surface area (Å²) >= 11 is 0. The van der Waals surface area contributed by atoms with Gasteiger partial charge < -0.3 is 5.32 Å². The average Bonchev–Trinajstić information content (AvgIpc) is 2.90. The van der Waals surface area contributed by atoms with Crippen LogP contribution in [0.5, 0.6) is 0 Å². The molecule has 5 nitrogen and oxygen atoms in total. The Hall–Kier alpha value is -1.82. The number of pyridine rings is 1. The molecule has 1 saturated heterocycles. The molecule has 0 unspecified atom stereocenters. The van der Waals surface area contributed by atoms with E-state index in [0.29, 0.717) is 17.4 Å². The molecule has 2 N–H and O–H groups in total. The van der Waals surface area contributed by atoms with Gasteiger partial charge in [0, 0.05) is 5.92 Å². The minimum atomic E-state index is -0.354. The highest BCUT2D eigenvalue weighted by molar-refractivity contribution is 5.47. The Bertz CT molecular complexity index is 516. The van der Waals surface area contributed by atoms with E-state index in [4.69, 9.17) is 0 Å². The fourth-order valence-electron chi connectivity index (χ4n) is 2.17. The maximum atomic E-state index is 12.8. The second-order valence-electron chi connectivity index (χ2n) is 4.43. The molecule has 94 valence electrons. The molecule has 0 aliphatic carbocycles. The molecule has 18 heavy (non-hydrogen) atoms. The first-order valence-corrected chi connectivity index (χ1v) is 6.08. The molecular weight excluding hydrogens is 233 g/mol. The number of rotatable bonds is 2. The number of nitrogens with one attached hydrogen (secondary N) is 2. The Morgan fingerprint density at radius 1 is 1.22 bits per heavy atom. The van der Waals surface area contributed by atoms with Crippen molar-refractivity contribution in [3.63, 3.8) is 0 Å². The first kappa shape index (κ1) is 11.3. The molecule has 3 rings (SSSR count). The zero-order valence-corrected chi connectivity index (χ0v) is 9.86. The predicted molar refractivity (Wildman–Crippen MR) is 64.4 cm³/mol. The van der Waals surface area contributed by atoms with Gasteiger partial charge in [-0.1, -0.05) is 0 Å². The van der Waals surface area contributed by atoms with E-state index in [-0.39, 0.29) is 5.82 Å². The number of hydrogen-bond donors (Lipinski definition) is 2. The predicted octanol–water partition coefficient (Wildman–Crippen LogP) is 1.47. The minimum Gasteiger partial charge on any atom is -0.317 e. The minimum absolute atomic E-state index is 0.354. The molecule has 0 atom stereocenters. The summed E-state index contributed by atoms with van der Waals surface area (Å²) in [6, 6.07) is 2.95. The van der Waals surface area contributed by atoms with Gasteiger partial charge in [-0.2, -0.15) is 5.10 Å². The van der Waals surface area contributed by atoms with Crippen LogP contribution < -0.4 is 5.32 Å². The van der Waals surface area contributed by atoms with E-state index in [2.05, 4.69) is 25.5 Å². The van der Waals surface area contributed by atoms with Crippen molar-refractivity contribution < 1.29 is 4.39 Å². The van der Waals surface area contributed by atoms with Gasteiger partial charge in [0.05, 0.1) is 6.20 Å². The maximum absolute atomic E-state index is 12.8. The summed E-state index contributed by atoms with van der Waals surface area (Å²) in [6.45, 7) is 2.02. The number of piperidine rings is 1. The van der Waals surface area contributed by atoms with Gasteiger partial charge in [0.15, 0.2) is 5.82 Å². The number of hydrogen-bond acceptors (Lipinski definition) is 4. The largest absolute Gasteiger partial charge is 0.317 e. The molecule has 0 spiro atoms. The van der Waals surface area contributed by atoms with E-state index in [9.17, 15) is 4.39 Å². The van der Waals surface area contributed by atoms with Gasteiger partial charge >= 0.3 is 0 Å². The van der Waals surface area contributed by atoms with E-state index >= 15 is 0 Å². The molecule has 0 aromatic carbocycles. The Labute approximate surface area is 104 Å². The second-order valence-corrected chi connectivity index (χ2v) is 4.43. The van der Waals surface area contributed by atoms with E-state index in [0.717, 1.165) is 31.8 Å². The lowest BCUT2D eigenvalue weighted by Gasteiger charge is -2.19. The molecule has 1 fully saturated rings. The van der Waals surface area contributed by atoms with E-state index in [1.165, 1.54) is 12.3 Å². The van der Waals surface area contributed by atoms with E-state index in [1.54, 1.807) is 6.07 Å². The average molecular weight is 247 g/mol. The van der Waals surface area contributed by atoms with E-state index in [1.807, 2.05) is 0 Å². The molecule has 6 heteroatoms. The van der Waals surface area contributed by atoms with Crippen molar-refractivity contribution in [2.75, 3.05) is 13.1 Å². The van der Waals surface area contributed by atoms with Gasteiger partial charge in [0.1, 0.15) is 17.3 Å². The normalized spacial score (nSPS) is 16.9. The van der Waals surface area contributed by atoms with E-state index < -0.39 is 0 Å². The molecule has 0 saturated carbocycles. The zero-order valence-electron chi connectivity index (χ0n) is 9.86. The maximum Gasteiger partial charge on any atom is 0.199 e. The third-order valence-electron chi connectivity index (χ3n) is 3.19. The fraction of sp³-hybridized carbons (Fsp3) is 0.417. The van der Waals surface area contributed by atoms with Gasteiger partial charge in [0.2, 0.25) is 0 Å². The Kier molecular flexibility index (Phi) is 3.02. The first-order chi connectivity index (χ1) is 8.83. The summed E-state index contributed by atoms with van der Waals surface area (Å²) in [4.78, 5) is 8.43. The van der Waals surface area contributed by atoms with Crippen molar-refractivity contribution in [3.05, 3.63) is 30.0 Å². The molecule has 2 aromatic rings. The van der Waals surface area contributed by atoms with Crippen LogP contribution in [0.4, 0.5) is 4.39 Å². The highest BCUT2D eigenvalue weighted by Crippen LogP contribution is 2.23. The number of H-pyrrole nitrogens is 1. The van der Waals surface area contributed by atoms with Crippen molar-refractivity contribution >= 4 is 0 Å². The van der Waals surface area contributed by atoms with Crippen molar-refractivity contribution in [1.29, 1.82) is 0 Å². The number of nitrogens with zero attached hydrogens (tertiary/aromatic N) is 3. The van der Waals surface area contributed by atoms with Crippen LogP contribution in [0.25, 0.3) is 11.5 Å². The van der Waals surface area contributed by atoms with Crippen molar-refractivity contribution in [2.24, 2.45) is 0 Å². The summed E-state index contributed by atoms with van der Waals surface area (Å²) in [5.74, 6) is 1.50. The van der Waals surface area contributed by atoms with Gasteiger partial charge in [-0.15, -0.1) is 0 Å². The van der Waals surface area contributed by atoms with Crippen LogP contribution in [0.3, 0.4) is 0 Å². The fourth-order valence-corrected chi connectivity index (χ4v) is 2.17. The third-order valence-corrected chi connectivity index (χ3v) is 3.19. The number of aromatic amines is 1. The summed E-state index contributed by atoms with van der Waals surface area (Å²) in [6.07, 6.45) is 3.30. The lowest BCUT2D eigenvalue weighted by molar-refractivity contribution is 0.446. The molecule has 0 amide bonds. The van der Waals surface area contributed by atoms with Crippen LogP contribution in [0.2, 0.25) is 0 Å². The van der Waals surface area contributed by atoms with Crippen LogP contribution in [0.15, 0.2) is 18.3 Å². The molecule has 2 aromatic heterocycles. The Morgan fingerprint density at radius 2 is 2.06 bits per heavy atom. The SMILES string of the molecule is Fc1ccc(-c2n[nH]c(C3CCNCC3)n2)nc1. The molecule has 3 heterocycles. The lowest BCUT2D eigenvalue weighted by atomic mass is 9.98. The monoisotopic (exact) mass is 247 g/mol. The third kappa shape index (κ3) is 2.24. The number of halogens is 1. The van der Waals surface area contributed by atoms with Crippen LogP contribution >= 0.6 is 0 Å². The second kappa shape index (κ2) is 4.81. The molecule has 1 aliphatic heterocycles. The summed E-state index contributed by atoms with van der Waals surface area (Å²) in [5.41, 5.74) is 0.591.